The number of nitrogens with one attached hydrogen (secondary N) is 2. The predicted molar refractivity (Wildman–Crippen MR) is 173 cm³/mol. The summed E-state index contributed by atoms with van der Waals surface area (Å²) in [5.41, 5.74) is 3.41. The number of piperidine rings is 1. The molecule has 1 atom stereocenters. The Morgan fingerprint density at radius 3 is 2.45 bits per heavy atom. The topological polar surface area (TPSA) is 103 Å². The van der Waals surface area contributed by atoms with Crippen LogP contribution in [0.5, 0.6) is 5.75 Å². The minimum absolute atomic E-state index is 0.147. The van der Waals surface area contributed by atoms with E-state index in [9.17, 15) is 9.59 Å². The van der Waals surface area contributed by atoms with Gasteiger partial charge < -0.3 is 25.2 Å². The zero-order valence-corrected chi connectivity index (χ0v) is 26.1. The number of ether oxygens (including phenoxy) is 1. The number of carbonyl (C=O) groups excluding carboxylic acids is 2. The van der Waals surface area contributed by atoms with Gasteiger partial charge in [0.1, 0.15) is 18.2 Å². The van der Waals surface area contributed by atoms with Crippen LogP contribution in [0.25, 0.3) is 5.57 Å². The van der Waals surface area contributed by atoms with Crippen LogP contribution >= 0.6 is 0 Å². The van der Waals surface area contributed by atoms with Crippen LogP contribution in [0.4, 0.5) is 23.1 Å². The molecule has 234 valence electrons. The number of anilines is 4. The van der Waals surface area contributed by atoms with Crippen molar-refractivity contribution < 1.29 is 14.3 Å². The molecular formula is C34H45N7O3. The second-order valence-electron chi connectivity index (χ2n) is 13.3. The van der Waals surface area contributed by atoms with Crippen LogP contribution in [-0.4, -0.2) is 95.3 Å². The molecule has 4 heterocycles. The minimum atomic E-state index is -0.265. The average Bonchev–Trinajstić information content (AvgIpc) is 3.77. The van der Waals surface area contributed by atoms with Crippen LogP contribution in [0.1, 0.15) is 70.8 Å². The Labute approximate surface area is 260 Å². The van der Waals surface area contributed by atoms with Gasteiger partial charge in [0.05, 0.1) is 17.3 Å². The van der Waals surface area contributed by atoms with Crippen LogP contribution in [0.3, 0.4) is 0 Å². The Hall–Kier alpha value is -3.50. The SMILES string of the molecule is CC(=O)/C(C=O)=C(\C)c1cnc(Nc2ccc3c(c2)OC[C@@H]2CN(C4CCN(C5CC5)CC4)CCN32)nc1NC1CCCC1. The zero-order valence-electron chi connectivity index (χ0n) is 26.1. The number of likely N-dealkylation sites (tertiary alicyclic amines) is 1. The molecule has 0 spiro atoms. The van der Waals surface area contributed by atoms with Gasteiger partial charge in [-0.3, -0.25) is 14.5 Å². The molecule has 2 saturated carbocycles. The fourth-order valence-electron chi connectivity index (χ4n) is 7.66. The molecule has 0 unspecified atom stereocenters. The maximum atomic E-state index is 12.1. The summed E-state index contributed by atoms with van der Waals surface area (Å²) < 4.78 is 6.35. The van der Waals surface area contributed by atoms with Crippen molar-refractivity contribution in [3.05, 3.63) is 35.5 Å². The molecule has 7 rings (SSSR count). The number of rotatable bonds is 9. The lowest BCUT2D eigenvalue weighted by molar-refractivity contribution is -0.115. The third-order valence-corrected chi connectivity index (χ3v) is 10.3. The Balaban J connectivity index is 1.04. The zero-order chi connectivity index (χ0) is 30.2. The third-order valence-electron chi connectivity index (χ3n) is 10.3. The van der Waals surface area contributed by atoms with Crippen LogP contribution < -0.4 is 20.3 Å². The van der Waals surface area contributed by atoms with Gasteiger partial charge in [-0.05, 0) is 83.2 Å². The third kappa shape index (κ3) is 6.06. The Morgan fingerprint density at radius 1 is 0.955 bits per heavy atom. The van der Waals surface area contributed by atoms with Gasteiger partial charge in [-0.1, -0.05) is 12.8 Å². The maximum Gasteiger partial charge on any atom is 0.229 e. The number of nitrogens with zero attached hydrogens (tertiary/aromatic N) is 5. The molecule has 3 aliphatic heterocycles. The molecule has 44 heavy (non-hydrogen) atoms. The number of aromatic nitrogens is 2. The van der Waals surface area contributed by atoms with Gasteiger partial charge >= 0.3 is 0 Å². The number of carbonyl (C=O) groups is 2. The van der Waals surface area contributed by atoms with Crippen LogP contribution in [0, 0.1) is 0 Å². The van der Waals surface area contributed by atoms with Crippen molar-refractivity contribution in [3.8, 4) is 5.75 Å². The quantitative estimate of drug-likeness (QED) is 0.183. The number of piperazine rings is 1. The Bertz CT molecular complexity index is 1430. The van der Waals surface area contributed by atoms with Crippen molar-refractivity contribution in [2.45, 2.75) is 89.4 Å². The van der Waals surface area contributed by atoms with E-state index in [0.29, 0.717) is 53.9 Å². The number of Topliss-reactive ketones (excluding diaryl/α,β-unsaturated/α-hetero) is 1. The highest BCUT2D eigenvalue weighted by molar-refractivity contribution is 6.17. The number of allylic oxidation sites excluding steroid dienone is 2. The van der Waals surface area contributed by atoms with Gasteiger partial charge in [0.2, 0.25) is 5.95 Å². The highest BCUT2D eigenvalue weighted by Crippen LogP contribution is 2.39. The van der Waals surface area contributed by atoms with Crippen molar-refractivity contribution in [3.63, 3.8) is 0 Å². The Kier molecular flexibility index (Phi) is 8.29. The number of hydrogen-bond donors (Lipinski definition) is 2. The lowest BCUT2D eigenvalue weighted by atomic mass is 9.99. The molecule has 5 aliphatic rings. The first-order chi connectivity index (χ1) is 21.5. The molecule has 4 fully saturated rings. The van der Waals surface area contributed by atoms with Gasteiger partial charge in [0.15, 0.2) is 12.1 Å². The van der Waals surface area contributed by atoms with Gasteiger partial charge in [-0.25, -0.2) is 4.98 Å². The molecule has 0 radical (unpaired) electrons. The number of ketones is 1. The van der Waals surface area contributed by atoms with Crippen LogP contribution in [-0.2, 0) is 9.59 Å². The fourth-order valence-corrected chi connectivity index (χ4v) is 7.66. The second kappa shape index (κ2) is 12.5. The standard InChI is InChI=1S/C34H45N7O3/c1-22(30(20-42)23(2)43)29-18-35-34(38-33(29)36-24-5-3-4-6-24)37-25-7-10-31-32(17-25)44-21-28-19-40(15-16-41(28)31)27-11-13-39(14-12-27)26-8-9-26/h7,10,17-18,20,24,26-28H,3-6,8-9,11-16,19,21H2,1-2H3,(H2,35,36,37,38)/b30-22+/t28-/m0/s1. The lowest BCUT2D eigenvalue weighted by Crippen LogP contribution is -2.60. The van der Waals surface area contributed by atoms with Crippen molar-refractivity contribution in [1.82, 2.24) is 19.8 Å². The minimum Gasteiger partial charge on any atom is -0.489 e. The molecule has 0 amide bonds. The van der Waals surface area contributed by atoms with Crippen LogP contribution in [0.15, 0.2) is 30.0 Å². The molecule has 1 aromatic carbocycles. The number of benzene rings is 1. The van der Waals surface area contributed by atoms with E-state index >= 15 is 0 Å². The van der Waals surface area contributed by atoms with Crippen molar-refractivity contribution in [2.24, 2.45) is 0 Å². The summed E-state index contributed by atoms with van der Waals surface area (Å²) in [4.78, 5) is 41.1. The van der Waals surface area contributed by atoms with E-state index in [1.165, 1.54) is 58.5 Å². The molecule has 2 aliphatic carbocycles. The summed E-state index contributed by atoms with van der Waals surface area (Å²) in [6.07, 6.45) is 12.2. The van der Waals surface area contributed by atoms with Gasteiger partial charge in [-0.15, -0.1) is 0 Å². The highest BCUT2D eigenvalue weighted by Gasteiger charge is 2.38. The summed E-state index contributed by atoms with van der Waals surface area (Å²) >= 11 is 0. The first-order valence-electron chi connectivity index (χ1n) is 16.6. The van der Waals surface area contributed by atoms with E-state index in [-0.39, 0.29) is 11.4 Å². The number of fused-ring (bicyclic) bond motifs is 3. The van der Waals surface area contributed by atoms with E-state index in [4.69, 9.17) is 9.72 Å². The summed E-state index contributed by atoms with van der Waals surface area (Å²) in [6, 6.07) is 8.52. The van der Waals surface area contributed by atoms with Crippen LogP contribution in [0.2, 0.25) is 0 Å². The molecule has 10 nitrogen and oxygen atoms in total. The average molecular weight is 600 g/mol. The van der Waals surface area contributed by atoms with E-state index in [1.807, 2.05) is 6.07 Å². The van der Waals surface area contributed by atoms with Gasteiger partial charge in [0, 0.05) is 61.3 Å². The predicted octanol–water partition coefficient (Wildman–Crippen LogP) is 4.65. The molecule has 2 saturated heterocycles. The maximum absolute atomic E-state index is 12.1. The summed E-state index contributed by atoms with van der Waals surface area (Å²) in [7, 11) is 0. The normalized spacial score (nSPS) is 23.8. The summed E-state index contributed by atoms with van der Waals surface area (Å²) in [5, 5.41) is 6.93. The molecular weight excluding hydrogens is 554 g/mol. The first-order valence-corrected chi connectivity index (χ1v) is 16.6. The largest absolute Gasteiger partial charge is 0.489 e. The number of hydrogen-bond acceptors (Lipinski definition) is 10. The number of aldehydes is 1. The first kappa shape index (κ1) is 29.2. The summed E-state index contributed by atoms with van der Waals surface area (Å²) in [5.74, 6) is 1.71. The van der Waals surface area contributed by atoms with E-state index in [0.717, 1.165) is 55.6 Å². The van der Waals surface area contributed by atoms with Crippen molar-refractivity contribution in [2.75, 3.05) is 54.9 Å². The molecule has 1 aromatic heterocycles. The highest BCUT2D eigenvalue weighted by atomic mass is 16.5. The van der Waals surface area contributed by atoms with E-state index in [1.54, 1.807) is 13.1 Å². The monoisotopic (exact) mass is 599 g/mol. The van der Waals surface area contributed by atoms with Crippen molar-refractivity contribution in [1.29, 1.82) is 0 Å². The van der Waals surface area contributed by atoms with Gasteiger partial charge in [0.25, 0.3) is 0 Å². The Morgan fingerprint density at radius 2 is 1.73 bits per heavy atom. The smallest absolute Gasteiger partial charge is 0.229 e. The fraction of sp³-hybridized carbons (Fsp3) is 0.588. The lowest BCUT2D eigenvalue weighted by Gasteiger charge is -2.49. The molecule has 2 N–H and O–H groups in total. The van der Waals surface area contributed by atoms with E-state index in [2.05, 4.69) is 42.5 Å². The van der Waals surface area contributed by atoms with Gasteiger partial charge in [-0.2, -0.15) is 4.98 Å². The molecule has 10 heteroatoms. The van der Waals surface area contributed by atoms with E-state index < -0.39 is 0 Å². The molecule has 0 bridgehead atoms. The summed E-state index contributed by atoms with van der Waals surface area (Å²) in [6.45, 7) is 9.58. The second-order valence-corrected chi connectivity index (χ2v) is 13.3. The van der Waals surface area contributed by atoms with Crippen molar-refractivity contribution >= 4 is 40.8 Å². The molecule has 2 aromatic rings.